The van der Waals surface area contributed by atoms with E-state index in [1.807, 2.05) is 13.8 Å². The van der Waals surface area contributed by atoms with E-state index in [0.29, 0.717) is 26.2 Å². The first-order valence-electron chi connectivity index (χ1n) is 9.01. The second kappa shape index (κ2) is 6.70. The molecule has 1 saturated carbocycles. The van der Waals surface area contributed by atoms with Gasteiger partial charge in [0.05, 0.1) is 19.3 Å². The van der Waals surface area contributed by atoms with Crippen molar-refractivity contribution in [3.05, 3.63) is 0 Å². The molecule has 1 N–H and O–H groups in total. The van der Waals surface area contributed by atoms with Gasteiger partial charge in [-0.2, -0.15) is 0 Å². The normalized spacial score (nSPS) is 33.9. The highest BCUT2D eigenvalue weighted by atomic mass is 16.5. The van der Waals surface area contributed by atoms with E-state index in [4.69, 9.17) is 4.74 Å². The maximum atomic E-state index is 12.9. The summed E-state index contributed by atoms with van der Waals surface area (Å²) in [7, 11) is 0. The summed E-state index contributed by atoms with van der Waals surface area (Å²) in [5.41, 5.74) is -0.801. The second-order valence-electron chi connectivity index (χ2n) is 7.16. The maximum Gasteiger partial charge on any atom is 0.325 e. The van der Waals surface area contributed by atoms with Crippen molar-refractivity contribution >= 4 is 17.8 Å². The zero-order chi connectivity index (χ0) is 17.3. The van der Waals surface area contributed by atoms with E-state index < -0.39 is 11.6 Å². The van der Waals surface area contributed by atoms with E-state index in [1.54, 1.807) is 4.90 Å². The number of urea groups is 1. The SMILES string of the molecule is CC[C@@H]1COCCN1C(=O)CN1C(=O)N[C@]2(CCCC[C@@H]2C)C1=O. The minimum absolute atomic E-state index is 0.0228. The molecule has 2 aliphatic heterocycles. The Kier molecular flexibility index (Phi) is 4.80. The number of rotatable bonds is 3. The third-order valence-corrected chi connectivity index (χ3v) is 5.81. The molecular weight excluding hydrogens is 310 g/mol. The fourth-order valence-corrected chi connectivity index (χ4v) is 4.19. The lowest BCUT2D eigenvalue weighted by atomic mass is 9.73. The predicted molar refractivity (Wildman–Crippen MR) is 87.2 cm³/mol. The van der Waals surface area contributed by atoms with Crippen molar-refractivity contribution in [1.82, 2.24) is 15.1 Å². The van der Waals surface area contributed by atoms with Crippen LogP contribution >= 0.6 is 0 Å². The van der Waals surface area contributed by atoms with Gasteiger partial charge in [-0.05, 0) is 25.2 Å². The first-order chi connectivity index (χ1) is 11.5. The molecule has 0 unspecified atom stereocenters. The minimum atomic E-state index is -0.801. The molecule has 3 aliphatic rings. The molecule has 0 aromatic heterocycles. The standard InChI is InChI=1S/C17H27N3O4/c1-3-13-11-24-9-8-19(13)14(21)10-20-15(22)17(18-16(20)23)7-5-4-6-12(17)2/h12-13H,3-11H2,1-2H3,(H,18,23)/t12-,13+,17-/m0/s1. The number of hydrogen-bond acceptors (Lipinski definition) is 4. The first kappa shape index (κ1) is 17.2. The van der Waals surface area contributed by atoms with E-state index in [0.717, 1.165) is 30.6 Å². The van der Waals surface area contributed by atoms with Crippen LogP contribution in [-0.2, 0) is 14.3 Å². The number of amides is 4. The molecule has 7 heteroatoms. The highest BCUT2D eigenvalue weighted by Gasteiger charge is 2.55. The van der Waals surface area contributed by atoms with Crippen molar-refractivity contribution in [2.24, 2.45) is 5.92 Å². The molecule has 3 fully saturated rings. The molecule has 4 amide bonds. The van der Waals surface area contributed by atoms with Crippen LogP contribution < -0.4 is 5.32 Å². The van der Waals surface area contributed by atoms with Gasteiger partial charge in [-0.25, -0.2) is 4.79 Å². The van der Waals surface area contributed by atoms with Gasteiger partial charge in [0.15, 0.2) is 0 Å². The van der Waals surface area contributed by atoms with Crippen molar-refractivity contribution in [2.45, 2.75) is 57.5 Å². The monoisotopic (exact) mass is 337 g/mol. The molecule has 1 spiro atoms. The third kappa shape index (κ3) is 2.79. The quantitative estimate of drug-likeness (QED) is 0.783. The van der Waals surface area contributed by atoms with Crippen LogP contribution in [0.4, 0.5) is 4.79 Å². The number of ether oxygens (including phenoxy) is 1. The average Bonchev–Trinajstić information content (AvgIpc) is 2.82. The lowest BCUT2D eigenvalue weighted by Crippen LogP contribution is -2.55. The molecule has 7 nitrogen and oxygen atoms in total. The molecule has 134 valence electrons. The number of carbonyl (C=O) groups excluding carboxylic acids is 3. The fraction of sp³-hybridized carbons (Fsp3) is 0.824. The van der Waals surface area contributed by atoms with Gasteiger partial charge < -0.3 is 15.0 Å². The van der Waals surface area contributed by atoms with Gasteiger partial charge in [0.2, 0.25) is 5.91 Å². The number of hydrogen-bond donors (Lipinski definition) is 1. The van der Waals surface area contributed by atoms with Crippen LogP contribution in [-0.4, -0.2) is 65.5 Å². The van der Waals surface area contributed by atoms with E-state index in [9.17, 15) is 14.4 Å². The smallest absolute Gasteiger partial charge is 0.325 e. The summed E-state index contributed by atoms with van der Waals surface area (Å²) < 4.78 is 5.42. The van der Waals surface area contributed by atoms with Crippen LogP contribution in [0.5, 0.6) is 0 Å². The average molecular weight is 337 g/mol. The zero-order valence-electron chi connectivity index (χ0n) is 14.5. The van der Waals surface area contributed by atoms with E-state index in [2.05, 4.69) is 5.32 Å². The topological polar surface area (TPSA) is 79.0 Å². The van der Waals surface area contributed by atoms with E-state index >= 15 is 0 Å². The Morgan fingerprint density at radius 3 is 2.88 bits per heavy atom. The molecule has 24 heavy (non-hydrogen) atoms. The van der Waals surface area contributed by atoms with Gasteiger partial charge in [-0.3, -0.25) is 14.5 Å². The Labute approximate surface area is 142 Å². The highest BCUT2D eigenvalue weighted by Crippen LogP contribution is 2.38. The Balaban J connectivity index is 1.72. The lowest BCUT2D eigenvalue weighted by Gasteiger charge is -2.37. The van der Waals surface area contributed by atoms with Crippen LogP contribution in [0.1, 0.15) is 46.0 Å². The molecule has 0 aromatic carbocycles. The largest absolute Gasteiger partial charge is 0.377 e. The van der Waals surface area contributed by atoms with Gasteiger partial charge in [-0.15, -0.1) is 0 Å². The summed E-state index contributed by atoms with van der Waals surface area (Å²) >= 11 is 0. The summed E-state index contributed by atoms with van der Waals surface area (Å²) in [4.78, 5) is 40.8. The molecule has 2 saturated heterocycles. The van der Waals surface area contributed by atoms with Crippen molar-refractivity contribution in [3.8, 4) is 0 Å². The highest BCUT2D eigenvalue weighted by molar-refractivity contribution is 6.09. The fourth-order valence-electron chi connectivity index (χ4n) is 4.19. The molecular formula is C17H27N3O4. The minimum Gasteiger partial charge on any atom is -0.377 e. The summed E-state index contributed by atoms with van der Waals surface area (Å²) in [5, 5.41) is 2.89. The molecule has 3 atom stereocenters. The number of carbonyl (C=O) groups is 3. The van der Waals surface area contributed by atoms with Crippen LogP contribution in [0.25, 0.3) is 0 Å². The molecule has 0 radical (unpaired) electrons. The van der Waals surface area contributed by atoms with Gasteiger partial charge in [0, 0.05) is 6.54 Å². The van der Waals surface area contributed by atoms with E-state index in [1.165, 1.54) is 0 Å². The second-order valence-corrected chi connectivity index (χ2v) is 7.16. The molecule has 2 heterocycles. The van der Waals surface area contributed by atoms with Crippen molar-refractivity contribution in [1.29, 1.82) is 0 Å². The number of morpholine rings is 1. The van der Waals surface area contributed by atoms with Gasteiger partial charge in [0.1, 0.15) is 12.1 Å². The van der Waals surface area contributed by atoms with Gasteiger partial charge in [0.25, 0.3) is 5.91 Å². The molecule has 0 aromatic rings. The molecule has 3 rings (SSSR count). The Bertz CT molecular complexity index is 538. The lowest BCUT2D eigenvalue weighted by molar-refractivity contribution is -0.145. The number of nitrogens with one attached hydrogen (secondary N) is 1. The van der Waals surface area contributed by atoms with Crippen LogP contribution in [0.3, 0.4) is 0 Å². The number of nitrogens with zero attached hydrogens (tertiary/aromatic N) is 2. The Morgan fingerprint density at radius 1 is 1.38 bits per heavy atom. The summed E-state index contributed by atoms with van der Waals surface area (Å²) in [5.74, 6) is -0.293. The van der Waals surface area contributed by atoms with E-state index in [-0.39, 0.29) is 30.3 Å². The zero-order valence-corrected chi connectivity index (χ0v) is 14.5. The predicted octanol–water partition coefficient (Wildman–Crippen LogP) is 1.12. The van der Waals surface area contributed by atoms with Crippen LogP contribution in [0, 0.1) is 5.92 Å². The van der Waals surface area contributed by atoms with Crippen molar-refractivity contribution in [3.63, 3.8) is 0 Å². The summed E-state index contributed by atoms with van der Waals surface area (Å²) in [6.45, 7) is 5.38. The maximum absolute atomic E-state index is 12.9. The van der Waals surface area contributed by atoms with Crippen LogP contribution in [0.2, 0.25) is 0 Å². The molecule has 0 bridgehead atoms. The summed E-state index contributed by atoms with van der Waals surface area (Å²) in [6, 6.07) is -0.405. The summed E-state index contributed by atoms with van der Waals surface area (Å²) in [6.07, 6.45) is 4.40. The Morgan fingerprint density at radius 2 is 2.17 bits per heavy atom. The van der Waals surface area contributed by atoms with Crippen molar-refractivity contribution < 1.29 is 19.1 Å². The van der Waals surface area contributed by atoms with Crippen molar-refractivity contribution in [2.75, 3.05) is 26.3 Å². The van der Waals surface area contributed by atoms with Crippen LogP contribution in [0.15, 0.2) is 0 Å². The number of imide groups is 1. The molecule has 1 aliphatic carbocycles. The van der Waals surface area contributed by atoms with Gasteiger partial charge in [-0.1, -0.05) is 26.7 Å². The van der Waals surface area contributed by atoms with Gasteiger partial charge >= 0.3 is 6.03 Å². The first-order valence-corrected chi connectivity index (χ1v) is 9.01. The third-order valence-electron chi connectivity index (χ3n) is 5.81. The Hall–Kier alpha value is -1.63.